The maximum atomic E-state index is 11.1. The molecule has 0 bridgehead atoms. The van der Waals surface area contributed by atoms with Gasteiger partial charge in [-0.15, -0.1) is 0 Å². The maximum Gasteiger partial charge on any atom is 0.237 e. The fourth-order valence-corrected chi connectivity index (χ4v) is 0.712. The third kappa shape index (κ3) is 4.75. The summed E-state index contributed by atoms with van der Waals surface area (Å²) in [5, 5.41) is 1.63. The minimum absolute atomic E-state index is 0.00222. The summed E-state index contributed by atoms with van der Waals surface area (Å²) in [5.41, 5.74) is 7.97. The van der Waals surface area contributed by atoms with Gasteiger partial charge in [0.25, 0.3) is 0 Å². The number of hydrogen-bond acceptors (Lipinski definition) is 3. The van der Waals surface area contributed by atoms with E-state index in [0.29, 0.717) is 6.54 Å². The van der Waals surface area contributed by atoms with E-state index in [1.54, 1.807) is 19.1 Å². The van der Waals surface area contributed by atoms with Crippen LogP contribution in [0.2, 0.25) is 0 Å². The molecule has 1 unspecified atom stereocenters. The van der Waals surface area contributed by atoms with E-state index in [2.05, 4.69) is 5.43 Å². The Morgan fingerprint density at radius 1 is 1.64 bits per heavy atom. The molecule has 0 fully saturated rings. The molecule has 0 aliphatic rings. The van der Waals surface area contributed by atoms with Gasteiger partial charge in [-0.3, -0.25) is 10.2 Å². The zero-order chi connectivity index (χ0) is 8.85. The molecule has 4 heteroatoms. The van der Waals surface area contributed by atoms with Crippen LogP contribution in [0, 0.1) is 5.92 Å². The molecule has 11 heavy (non-hydrogen) atoms. The Balaban J connectivity index is 3.64. The van der Waals surface area contributed by atoms with Crippen molar-refractivity contribution in [2.45, 2.75) is 13.3 Å². The Hall–Kier alpha value is -0.610. The van der Waals surface area contributed by atoms with Crippen molar-refractivity contribution >= 4 is 5.91 Å². The average Bonchev–Trinajstić information content (AvgIpc) is 1.86. The molecule has 4 nitrogen and oxygen atoms in total. The fourth-order valence-electron chi connectivity index (χ4n) is 0.712. The standard InChI is InChI=1S/C7H17N3O/c1-6(4-5-8)7(11)9-10(2)3/h6H,4-5,8H2,1-3H3,(H,9,11). The maximum absolute atomic E-state index is 11.1. The summed E-state index contributed by atoms with van der Waals surface area (Å²) >= 11 is 0. The van der Waals surface area contributed by atoms with Crippen LogP contribution in [0.3, 0.4) is 0 Å². The first-order valence-corrected chi connectivity index (χ1v) is 3.75. The molecule has 0 aromatic rings. The van der Waals surface area contributed by atoms with E-state index in [0.717, 1.165) is 6.42 Å². The van der Waals surface area contributed by atoms with Gasteiger partial charge in [0.15, 0.2) is 0 Å². The zero-order valence-electron chi connectivity index (χ0n) is 7.42. The Morgan fingerprint density at radius 2 is 2.18 bits per heavy atom. The molecule has 0 saturated carbocycles. The Bertz CT molecular complexity index is 125. The van der Waals surface area contributed by atoms with E-state index in [1.165, 1.54) is 0 Å². The highest BCUT2D eigenvalue weighted by atomic mass is 16.2. The summed E-state index contributed by atoms with van der Waals surface area (Å²) < 4.78 is 0. The molecule has 0 saturated heterocycles. The number of hydrazine groups is 1. The number of rotatable bonds is 4. The minimum atomic E-state index is 0.00222. The van der Waals surface area contributed by atoms with E-state index in [-0.39, 0.29) is 11.8 Å². The molecule has 0 aliphatic carbocycles. The third-order valence-electron chi connectivity index (χ3n) is 1.38. The van der Waals surface area contributed by atoms with Crippen molar-refractivity contribution in [2.24, 2.45) is 11.7 Å². The van der Waals surface area contributed by atoms with Crippen LogP contribution in [0.5, 0.6) is 0 Å². The topological polar surface area (TPSA) is 58.4 Å². The van der Waals surface area contributed by atoms with Crippen LogP contribution in [-0.2, 0) is 4.79 Å². The molecule has 0 radical (unpaired) electrons. The van der Waals surface area contributed by atoms with Gasteiger partial charge in [-0.2, -0.15) is 0 Å². The predicted molar refractivity (Wildman–Crippen MR) is 44.7 cm³/mol. The molecule has 0 heterocycles. The number of nitrogens with two attached hydrogens (primary N) is 1. The van der Waals surface area contributed by atoms with E-state index >= 15 is 0 Å². The summed E-state index contributed by atoms with van der Waals surface area (Å²) in [5.74, 6) is 0.0304. The molecule has 3 N–H and O–H groups in total. The highest BCUT2D eigenvalue weighted by molar-refractivity contribution is 5.77. The Kier molecular flexibility index (Phi) is 4.81. The number of nitrogens with zero attached hydrogens (tertiary/aromatic N) is 1. The van der Waals surface area contributed by atoms with Crippen molar-refractivity contribution in [1.29, 1.82) is 0 Å². The average molecular weight is 159 g/mol. The van der Waals surface area contributed by atoms with Gasteiger partial charge in [0.05, 0.1) is 0 Å². The van der Waals surface area contributed by atoms with Crippen LogP contribution >= 0.6 is 0 Å². The lowest BCUT2D eigenvalue weighted by atomic mass is 10.1. The number of carbonyl (C=O) groups is 1. The lowest BCUT2D eigenvalue weighted by Gasteiger charge is -2.15. The van der Waals surface area contributed by atoms with Crippen LogP contribution < -0.4 is 11.2 Å². The molecule has 0 aliphatic heterocycles. The Morgan fingerprint density at radius 3 is 2.55 bits per heavy atom. The first-order valence-electron chi connectivity index (χ1n) is 3.75. The van der Waals surface area contributed by atoms with Gasteiger partial charge in [-0.05, 0) is 13.0 Å². The first kappa shape index (κ1) is 10.4. The van der Waals surface area contributed by atoms with Gasteiger partial charge in [0.2, 0.25) is 5.91 Å². The summed E-state index contributed by atoms with van der Waals surface area (Å²) in [6, 6.07) is 0. The molecule has 0 aromatic heterocycles. The van der Waals surface area contributed by atoms with Gasteiger partial charge in [0.1, 0.15) is 0 Å². The molecule has 0 rings (SSSR count). The molecule has 0 spiro atoms. The second-order valence-corrected chi connectivity index (χ2v) is 2.85. The number of hydrogen-bond donors (Lipinski definition) is 2. The van der Waals surface area contributed by atoms with Gasteiger partial charge < -0.3 is 5.73 Å². The van der Waals surface area contributed by atoms with Gasteiger partial charge in [-0.1, -0.05) is 6.92 Å². The molecule has 1 amide bonds. The number of amides is 1. The van der Waals surface area contributed by atoms with Crippen LogP contribution in [0.15, 0.2) is 0 Å². The van der Waals surface area contributed by atoms with Gasteiger partial charge >= 0.3 is 0 Å². The predicted octanol–water partition coefficient (Wildman–Crippen LogP) is -0.436. The SMILES string of the molecule is CC(CCN)C(=O)NN(C)C. The largest absolute Gasteiger partial charge is 0.330 e. The van der Waals surface area contributed by atoms with Crippen molar-refractivity contribution in [3.8, 4) is 0 Å². The van der Waals surface area contributed by atoms with Crippen LogP contribution in [-0.4, -0.2) is 31.6 Å². The van der Waals surface area contributed by atoms with E-state index in [9.17, 15) is 4.79 Å². The normalized spacial score (nSPS) is 13.2. The van der Waals surface area contributed by atoms with Gasteiger partial charge in [-0.25, -0.2) is 5.01 Å². The second-order valence-electron chi connectivity index (χ2n) is 2.85. The molecule has 1 atom stereocenters. The zero-order valence-corrected chi connectivity index (χ0v) is 7.42. The van der Waals surface area contributed by atoms with Crippen molar-refractivity contribution < 1.29 is 4.79 Å². The van der Waals surface area contributed by atoms with Crippen molar-refractivity contribution in [3.63, 3.8) is 0 Å². The van der Waals surface area contributed by atoms with Crippen molar-refractivity contribution in [2.75, 3.05) is 20.6 Å². The molecular formula is C7H17N3O. The minimum Gasteiger partial charge on any atom is -0.330 e. The van der Waals surface area contributed by atoms with Gasteiger partial charge in [0, 0.05) is 20.0 Å². The highest BCUT2D eigenvalue weighted by Gasteiger charge is 2.11. The lowest BCUT2D eigenvalue weighted by molar-refractivity contribution is -0.128. The molecular weight excluding hydrogens is 142 g/mol. The smallest absolute Gasteiger partial charge is 0.237 e. The van der Waals surface area contributed by atoms with Crippen molar-refractivity contribution in [1.82, 2.24) is 10.4 Å². The van der Waals surface area contributed by atoms with Crippen LogP contribution in [0.4, 0.5) is 0 Å². The summed E-state index contributed by atoms with van der Waals surface area (Å²) in [6.45, 7) is 2.42. The van der Waals surface area contributed by atoms with Crippen LogP contribution in [0.25, 0.3) is 0 Å². The number of nitrogens with one attached hydrogen (secondary N) is 1. The van der Waals surface area contributed by atoms with Crippen molar-refractivity contribution in [3.05, 3.63) is 0 Å². The second kappa shape index (κ2) is 5.09. The third-order valence-corrected chi connectivity index (χ3v) is 1.38. The molecule has 0 aromatic carbocycles. The van der Waals surface area contributed by atoms with E-state index < -0.39 is 0 Å². The fraction of sp³-hybridized carbons (Fsp3) is 0.857. The monoisotopic (exact) mass is 159 g/mol. The first-order chi connectivity index (χ1) is 5.07. The highest BCUT2D eigenvalue weighted by Crippen LogP contribution is 1.98. The lowest BCUT2D eigenvalue weighted by Crippen LogP contribution is -2.39. The molecule has 66 valence electrons. The Labute approximate surface area is 67.7 Å². The quantitative estimate of drug-likeness (QED) is 0.547. The summed E-state index contributed by atoms with van der Waals surface area (Å²) in [7, 11) is 3.57. The summed E-state index contributed by atoms with van der Waals surface area (Å²) in [4.78, 5) is 11.1. The van der Waals surface area contributed by atoms with Crippen LogP contribution in [0.1, 0.15) is 13.3 Å². The summed E-state index contributed by atoms with van der Waals surface area (Å²) in [6.07, 6.45) is 0.736. The van der Waals surface area contributed by atoms with E-state index in [1.807, 2.05) is 6.92 Å². The van der Waals surface area contributed by atoms with E-state index in [4.69, 9.17) is 5.73 Å². The number of carbonyl (C=O) groups excluding carboxylic acids is 1.